The summed E-state index contributed by atoms with van der Waals surface area (Å²) in [6, 6.07) is 3.87. The molecule has 1 fully saturated rings. The minimum Gasteiger partial charge on any atom is -0.397 e. The van der Waals surface area contributed by atoms with E-state index < -0.39 is 5.60 Å². The third kappa shape index (κ3) is 2.51. The fourth-order valence-corrected chi connectivity index (χ4v) is 3.11. The van der Waals surface area contributed by atoms with Crippen LogP contribution in [0.15, 0.2) is 12.1 Å². The van der Waals surface area contributed by atoms with Crippen molar-refractivity contribution in [2.45, 2.75) is 18.9 Å². The molecule has 2 aromatic rings. The third-order valence-electron chi connectivity index (χ3n) is 3.36. The number of ether oxygens (including phenoxy) is 1. The zero-order chi connectivity index (χ0) is 13.5. The van der Waals surface area contributed by atoms with E-state index >= 15 is 0 Å². The summed E-state index contributed by atoms with van der Waals surface area (Å²) >= 11 is 1.63. The number of nitrogens with zero attached hydrogens (tertiary/aromatic N) is 1. The van der Waals surface area contributed by atoms with Gasteiger partial charge < -0.3 is 20.9 Å². The van der Waals surface area contributed by atoms with Gasteiger partial charge in [-0.25, -0.2) is 4.98 Å². The molecule has 3 rings (SSSR count). The summed E-state index contributed by atoms with van der Waals surface area (Å²) in [4.78, 5) is 4.45. The Labute approximate surface area is 115 Å². The molecule has 0 radical (unpaired) electrons. The van der Waals surface area contributed by atoms with Crippen LogP contribution in [0.5, 0.6) is 0 Å². The molecule has 2 heterocycles. The summed E-state index contributed by atoms with van der Waals surface area (Å²) in [6.07, 6.45) is 0.651. The quantitative estimate of drug-likeness (QED) is 0.746. The average molecular weight is 279 g/mol. The van der Waals surface area contributed by atoms with Crippen molar-refractivity contribution in [3.8, 4) is 0 Å². The second-order valence-corrected chi connectivity index (χ2v) is 6.26. The predicted octanol–water partition coefficient (Wildman–Crippen LogP) is 1.75. The molecular weight excluding hydrogens is 262 g/mol. The number of nitrogen functional groups attached to an aromatic ring is 1. The molecule has 0 bridgehead atoms. The maximum atomic E-state index is 10.2. The predicted molar refractivity (Wildman–Crippen MR) is 77.6 cm³/mol. The third-order valence-corrected chi connectivity index (χ3v) is 4.29. The highest BCUT2D eigenvalue weighted by Gasteiger charge is 2.32. The Morgan fingerprint density at radius 3 is 3.16 bits per heavy atom. The summed E-state index contributed by atoms with van der Waals surface area (Å²) in [5.74, 6) is 0. The van der Waals surface area contributed by atoms with Gasteiger partial charge in [0.05, 0.1) is 33.2 Å². The van der Waals surface area contributed by atoms with Gasteiger partial charge in [0.1, 0.15) is 5.60 Å². The topological polar surface area (TPSA) is 80.4 Å². The van der Waals surface area contributed by atoms with Crippen LogP contribution in [0.3, 0.4) is 0 Å². The van der Waals surface area contributed by atoms with E-state index in [0.29, 0.717) is 31.9 Å². The first kappa shape index (κ1) is 12.7. The molecule has 1 aromatic heterocycles. The largest absolute Gasteiger partial charge is 0.397 e. The molecule has 1 unspecified atom stereocenters. The van der Waals surface area contributed by atoms with Crippen molar-refractivity contribution in [3.05, 3.63) is 17.1 Å². The number of hydrogen-bond donors (Lipinski definition) is 3. The average Bonchev–Trinajstić information content (AvgIpc) is 2.92. The van der Waals surface area contributed by atoms with E-state index in [1.54, 1.807) is 11.3 Å². The van der Waals surface area contributed by atoms with Gasteiger partial charge in [-0.05, 0) is 19.1 Å². The Morgan fingerprint density at radius 1 is 1.58 bits per heavy atom. The molecule has 1 aromatic carbocycles. The normalized spacial score (nSPS) is 23.1. The zero-order valence-electron chi connectivity index (χ0n) is 10.8. The molecule has 1 aliphatic rings. The lowest BCUT2D eigenvalue weighted by atomic mass is 10.0. The van der Waals surface area contributed by atoms with E-state index in [1.165, 1.54) is 0 Å². The lowest BCUT2D eigenvalue weighted by molar-refractivity contribution is 0.0382. The van der Waals surface area contributed by atoms with Crippen LogP contribution in [0, 0.1) is 6.92 Å². The van der Waals surface area contributed by atoms with Crippen LogP contribution in [0.25, 0.3) is 10.2 Å². The SMILES string of the molecule is Cc1nc2cc(NCC3(O)CCOC3)c(N)cc2s1. The Kier molecular flexibility index (Phi) is 3.08. The van der Waals surface area contributed by atoms with Gasteiger partial charge in [0.15, 0.2) is 0 Å². The van der Waals surface area contributed by atoms with E-state index in [2.05, 4.69) is 10.3 Å². The highest BCUT2D eigenvalue weighted by Crippen LogP contribution is 2.30. The fraction of sp³-hybridized carbons (Fsp3) is 0.462. The van der Waals surface area contributed by atoms with Crippen molar-refractivity contribution in [1.29, 1.82) is 0 Å². The lowest BCUT2D eigenvalue weighted by Crippen LogP contribution is -2.37. The molecule has 102 valence electrons. The van der Waals surface area contributed by atoms with Crippen LogP contribution >= 0.6 is 11.3 Å². The number of aryl methyl sites for hydroxylation is 1. The number of anilines is 2. The molecule has 1 aliphatic heterocycles. The fourth-order valence-electron chi connectivity index (χ4n) is 2.25. The maximum Gasteiger partial charge on any atom is 0.107 e. The molecule has 4 N–H and O–H groups in total. The van der Waals surface area contributed by atoms with Gasteiger partial charge >= 0.3 is 0 Å². The summed E-state index contributed by atoms with van der Waals surface area (Å²) < 4.78 is 6.31. The summed E-state index contributed by atoms with van der Waals surface area (Å²) in [5.41, 5.74) is 7.67. The second kappa shape index (κ2) is 4.63. The lowest BCUT2D eigenvalue weighted by Gasteiger charge is -2.22. The Hall–Kier alpha value is -1.37. The summed E-state index contributed by atoms with van der Waals surface area (Å²) in [6.45, 7) is 3.40. The Balaban J connectivity index is 1.82. The maximum absolute atomic E-state index is 10.2. The van der Waals surface area contributed by atoms with Crippen molar-refractivity contribution in [1.82, 2.24) is 4.98 Å². The first-order valence-electron chi connectivity index (χ1n) is 6.26. The van der Waals surface area contributed by atoms with Crippen molar-refractivity contribution in [2.75, 3.05) is 30.8 Å². The molecule has 6 heteroatoms. The van der Waals surface area contributed by atoms with E-state index in [9.17, 15) is 5.11 Å². The summed E-state index contributed by atoms with van der Waals surface area (Å²) in [7, 11) is 0. The minimum atomic E-state index is -0.792. The first-order chi connectivity index (χ1) is 9.06. The molecule has 0 saturated carbocycles. The molecule has 0 aliphatic carbocycles. The Bertz CT molecular complexity index is 605. The second-order valence-electron chi connectivity index (χ2n) is 5.02. The minimum absolute atomic E-state index is 0.373. The van der Waals surface area contributed by atoms with Gasteiger partial charge in [-0.1, -0.05) is 0 Å². The number of fused-ring (bicyclic) bond motifs is 1. The molecule has 0 amide bonds. The van der Waals surface area contributed by atoms with E-state index in [4.69, 9.17) is 10.5 Å². The summed E-state index contributed by atoms with van der Waals surface area (Å²) in [5, 5.41) is 14.4. The van der Waals surface area contributed by atoms with Gasteiger partial charge in [-0.3, -0.25) is 0 Å². The molecule has 5 nitrogen and oxygen atoms in total. The monoisotopic (exact) mass is 279 g/mol. The molecule has 1 saturated heterocycles. The number of benzene rings is 1. The van der Waals surface area contributed by atoms with Gasteiger partial charge in [0.2, 0.25) is 0 Å². The van der Waals surface area contributed by atoms with Crippen molar-refractivity contribution >= 4 is 32.9 Å². The zero-order valence-corrected chi connectivity index (χ0v) is 11.6. The number of nitrogens with one attached hydrogen (secondary N) is 1. The van der Waals surface area contributed by atoms with Crippen LogP contribution in [-0.4, -0.2) is 35.5 Å². The van der Waals surface area contributed by atoms with Crippen LogP contribution in [0.2, 0.25) is 0 Å². The van der Waals surface area contributed by atoms with Crippen molar-refractivity contribution in [2.24, 2.45) is 0 Å². The number of hydrogen-bond acceptors (Lipinski definition) is 6. The van der Waals surface area contributed by atoms with E-state index in [0.717, 1.165) is 20.9 Å². The van der Waals surface area contributed by atoms with Gasteiger partial charge in [-0.2, -0.15) is 0 Å². The van der Waals surface area contributed by atoms with Crippen LogP contribution in [0.4, 0.5) is 11.4 Å². The van der Waals surface area contributed by atoms with Crippen LogP contribution in [0.1, 0.15) is 11.4 Å². The van der Waals surface area contributed by atoms with Crippen molar-refractivity contribution < 1.29 is 9.84 Å². The smallest absolute Gasteiger partial charge is 0.107 e. The molecule has 0 spiro atoms. The van der Waals surface area contributed by atoms with E-state index in [1.807, 2.05) is 19.1 Å². The number of nitrogens with two attached hydrogens (primary N) is 1. The number of aliphatic hydroxyl groups is 1. The van der Waals surface area contributed by atoms with Crippen molar-refractivity contribution in [3.63, 3.8) is 0 Å². The molecular formula is C13H17N3O2S. The van der Waals surface area contributed by atoms with Gasteiger partial charge in [0, 0.05) is 19.6 Å². The molecule has 19 heavy (non-hydrogen) atoms. The highest BCUT2D eigenvalue weighted by atomic mass is 32.1. The van der Waals surface area contributed by atoms with Gasteiger partial charge in [-0.15, -0.1) is 11.3 Å². The van der Waals surface area contributed by atoms with Gasteiger partial charge in [0.25, 0.3) is 0 Å². The first-order valence-corrected chi connectivity index (χ1v) is 7.08. The standard InChI is InChI=1S/C13H17N3O2S/c1-8-16-11-5-10(9(14)4-12(11)19-8)15-6-13(17)2-3-18-7-13/h4-5,15,17H,2-3,6-7,14H2,1H3. The van der Waals surface area contributed by atoms with Crippen LogP contribution in [-0.2, 0) is 4.74 Å². The number of thiazole rings is 1. The van der Waals surface area contributed by atoms with Crippen LogP contribution < -0.4 is 11.1 Å². The van der Waals surface area contributed by atoms with E-state index in [-0.39, 0.29) is 0 Å². The highest BCUT2D eigenvalue weighted by molar-refractivity contribution is 7.18. The Morgan fingerprint density at radius 2 is 2.42 bits per heavy atom. The molecule has 1 atom stereocenters. The number of aromatic nitrogens is 1. The number of rotatable bonds is 3.